The van der Waals surface area contributed by atoms with Gasteiger partial charge in [0, 0.05) is 16.9 Å². The van der Waals surface area contributed by atoms with Gasteiger partial charge in [0.05, 0.1) is 19.6 Å². The van der Waals surface area contributed by atoms with E-state index in [9.17, 15) is 9.59 Å². The molecule has 1 heterocycles. The van der Waals surface area contributed by atoms with Gasteiger partial charge >= 0.3 is 0 Å². The van der Waals surface area contributed by atoms with Crippen LogP contribution in [0.25, 0.3) is 0 Å². The molecule has 21 heavy (non-hydrogen) atoms. The Morgan fingerprint density at radius 1 is 1.33 bits per heavy atom. The zero-order chi connectivity index (χ0) is 14.8. The lowest BCUT2D eigenvalue weighted by Gasteiger charge is -2.32. The minimum atomic E-state index is -0.419. The number of halogens is 1. The fraction of sp³-hybridized carbons (Fsp3) is 0.500. The first kappa shape index (κ1) is 14.7. The Morgan fingerprint density at radius 3 is 2.86 bits per heavy atom. The predicted molar refractivity (Wildman–Crippen MR) is 81.9 cm³/mol. The third kappa shape index (κ3) is 3.71. The van der Waals surface area contributed by atoms with Gasteiger partial charge in [-0.05, 0) is 30.5 Å². The molecule has 2 aliphatic rings. The Labute approximate surface area is 132 Å². The van der Waals surface area contributed by atoms with Gasteiger partial charge in [-0.25, -0.2) is 0 Å². The SMILES string of the molecule is O=C(C1CC1)[C@H]1CN(C(=O)Cc2cccc(Br)c2)CCO1. The number of carbonyl (C=O) groups excluding carboxylic acids is 2. The molecule has 0 aromatic heterocycles. The molecule has 0 spiro atoms. The highest BCUT2D eigenvalue weighted by molar-refractivity contribution is 9.10. The Hall–Kier alpha value is -1.20. The highest BCUT2D eigenvalue weighted by Gasteiger charge is 2.38. The van der Waals surface area contributed by atoms with E-state index in [0.717, 1.165) is 22.9 Å². The van der Waals surface area contributed by atoms with E-state index in [4.69, 9.17) is 4.74 Å². The standard InChI is InChI=1S/C16H18BrNO3/c17-13-3-1-2-11(8-13)9-15(19)18-6-7-21-14(10-18)16(20)12-4-5-12/h1-3,8,12,14H,4-7,9-10H2/t14-/m1/s1. The van der Waals surface area contributed by atoms with Crippen LogP contribution in [0.4, 0.5) is 0 Å². The van der Waals surface area contributed by atoms with Gasteiger partial charge < -0.3 is 9.64 Å². The Balaban J connectivity index is 1.60. The second kappa shape index (κ2) is 6.28. The van der Waals surface area contributed by atoms with Gasteiger partial charge in [0.1, 0.15) is 6.10 Å². The van der Waals surface area contributed by atoms with Crippen LogP contribution >= 0.6 is 15.9 Å². The van der Waals surface area contributed by atoms with Crippen LogP contribution in [0.15, 0.2) is 28.7 Å². The molecule has 4 nitrogen and oxygen atoms in total. The summed E-state index contributed by atoms with van der Waals surface area (Å²) in [6.45, 7) is 1.43. The minimum Gasteiger partial charge on any atom is -0.367 e. The van der Waals surface area contributed by atoms with Crippen molar-refractivity contribution in [2.24, 2.45) is 5.92 Å². The van der Waals surface area contributed by atoms with E-state index in [-0.39, 0.29) is 17.6 Å². The third-order valence-electron chi connectivity index (χ3n) is 3.96. The Morgan fingerprint density at radius 2 is 2.14 bits per heavy atom. The molecule has 0 radical (unpaired) electrons. The van der Waals surface area contributed by atoms with Gasteiger partial charge in [0.15, 0.2) is 5.78 Å². The fourth-order valence-corrected chi connectivity index (χ4v) is 3.06. The molecule has 0 N–H and O–H groups in total. The number of rotatable bonds is 4. The van der Waals surface area contributed by atoms with Crippen molar-refractivity contribution in [1.82, 2.24) is 4.90 Å². The molecule has 1 saturated carbocycles. The molecule has 1 saturated heterocycles. The summed E-state index contributed by atoms with van der Waals surface area (Å²) in [6, 6.07) is 7.75. The van der Waals surface area contributed by atoms with Crippen LogP contribution < -0.4 is 0 Å². The normalized spacial score (nSPS) is 22.1. The van der Waals surface area contributed by atoms with Crippen molar-refractivity contribution >= 4 is 27.6 Å². The largest absolute Gasteiger partial charge is 0.367 e. The average molecular weight is 352 g/mol. The van der Waals surface area contributed by atoms with Crippen molar-refractivity contribution in [3.63, 3.8) is 0 Å². The molecule has 5 heteroatoms. The molecule has 0 unspecified atom stereocenters. The van der Waals surface area contributed by atoms with E-state index in [0.29, 0.717) is 26.1 Å². The number of benzene rings is 1. The van der Waals surface area contributed by atoms with Gasteiger partial charge in [-0.2, -0.15) is 0 Å². The summed E-state index contributed by atoms with van der Waals surface area (Å²) in [4.78, 5) is 26.2. The second-order valence-electron chi connectivity index (χ2n) is 5.68. The summed E-state index contributed by atoms with van der Waals surface area (Å²) in [5.41, 5.74) is 0.978. The molecule has 112 valence electrons. The van der Waals surface area contributed by atoms with Gasteiger partial charge in [-0.1, -0.05) is 28.1 Å². The molecule has 2 fully saturated rings. The number of hydrogen-bond acceptors (Lipinski definition) is 3. The number of amides is 1. The maximum atomic E-state index is 12.4. The van der Waals surface area contributed by atoms with Gasteiger partial charge in [-0.15, -0.1) is 0 Å². The number of morpholine rings is 1. The molecule has 0 bridgehead atoms. The average Bonchev–Trinajstić information content (AvgIpc) is 3.31. The van der Waals surface area contributed by atoms with E-state index in [1.54, 1.807) is 4.90 Å². The van der Waals surface area contributed by atoms with Crippen LogP contribution in [-0.4, -0.2) is 42.4 Å². The summed E-state index contributed by atoms with van der Waals surface area (Å²) < 4.78 is 6.51. The number of hydrogen-bond donors (Lipinski definition) is 0. The Kier molecular flexibility index (Phi) is 4.40. The van der Waals surface area contributed by atoms with Crippen LogP contribution in [0.3, 0.4) is 0 Å². The summed E-state index contributed by atoms with van der Waals surface area (Å²) in [5.74, 6) is 0.412. The van der Waals surface area contributed by atoms with Crippen molar-refractivity contribution in [3.8, 4) is 0 Å². The van der Waals surface area contributed by atoms with Gasteiger partial charge in [0.25, 0.3) is 0 Å². The lowest BCUT2D eigenvalue weighted by Crippen LogP contribution is -2.49. The molecule has 1 aliphatic carbocycles. The first-order valence-electron chi connectivity index (χ1n) is 7.31. The number of carbonyl (C=O) groups is 2. The van der Waals surface area contributed by atoms with Crippen molar-refractivity contribution in [2.75, 3.05) is 19.7 Å². The molecular formula is C16H18BrNO3. The quantitative estimate of drug-likeness (QED) is 0.835. The van der Waals surface area contributed by atoms with Gasteiger partial charge in [0.2, 0.25) is 5.91 Å². The first-order chi connectivity index (χ1) is 10.1. The topological polar surface area (TPSA) is 46.6 Å². The molecule has 1 aliphatic heterocycles. The smallest absolute Gasteiger partial charge is 0.227 e. The van der Waals surface area contributed by atoms with Crippen LogP contribution in [0, 0.1) is 5.92 Å². The van der Waals surface area contributed by atoms with Crippen LogP contribution in [-0.2, 0) is 20.7 Å². The van der Waals surface area contributed by atoms with Crippen LogP contribution in [0.2, 0.25) is 0 Å². The molecule has 1 aromatic carbocycles. The monoisotopic (exact) mass is 351 g/mol. The summed E-state index contributed by atoms with van der Waals surface area (Å²) >= 11 is 3.41. The van der Waals surface area contributed by atoms with E-state index >= 15 is 0 Å². The second-order valence-corrected chi connectivity index (χ2v) is 6.60. The third-order valence-corrected chi connectivity index (χ3v) is 4.45. The Bertz CT molecular complexity index is 556. The maximum Gasteiger partial charge on any atom is 0.227 e. The summed E-state index contributed by atoms with van der Waals surface area (Å²) in [5, 5.41) is 0. The molecule has 3 rings (SSSR count). The van der Waals surface area contributed by atoms with Crippen molar-refractivity contribution in [2.45, 2.75) is 25.4 Å². The van der Waals surface area contributed by atoms with Crippen molar-refractivity contribution in [3.05, 3.63) is 34.3 Å². The summed E-state index contributed by atoms with van der Waals surface area (Å²) in [7, 11) is 0. The molecular weight excluding hydrogens is 334 g/mol. The highest BCUT2D eigenvalue weighted by atomic mass is 79.9. The molecule has 1 atom stereocenters. The van der Waals surface area contributed by atoms with E-state index in [1.807, 2.05) is 24.3 Å². The van der Waals surface area contributed by atoms with Gasteiger partial charge in [-0.3, -0.25) is 9.59 Å². The lowest BCUT2D eigenvalue weighted by molar-refractivity contribution is -0.146. The molecule has 1 amide bonds. The van der Waals surface area contributed by atoms with Crippen LogP contribution in [0.1, 0.15) is 18.4 Å². The number of ketones is 1. The zero-order valence-electron chi connectivity index (χ0n) is 11.8. The predicted octanol–water partition coefficient (Wildman–Crippen LogP) is 2.20. The number of Topliss-reactive ketones (excluding diaryl/α,β-unsaturated/α-hetero) is 1. The number of ether oxygens (including phenoxy) is 1. The minimum absolute atomic E-state index is 0.0602. The maximum absolute atomic E-state index is 12.4. The van der Waals surface area contributed by atoms with E-state index in [1.165, 1.54) is 0 Å². The van der Waals surface area contributed by atoms with Crippen molar-refractivity contribution < 1.29 is 14.3 Å². The first-order valence-corrected chi connectivity index (χ1v) is 8.10. The van der Waals surface area contributed by atoms with E-state index in [2.05, 4.69) is 15.9 Å². The van der Waals surface area contributed by atoms with E-state index < -0.39 is 6.10 Å². The zero-order valence-corrected chi connectivity index (χ0v) is 13.3. The van der Waals surface area contributed by atoms with Crippen LogP contribution in [0.5, 0.6) is 0 Å². The van der Waals surface area contributed by atoms with Crippen molar-refractivity contribution in [1.29, 1.82) is 0 Å². The fourth-order valence-electron chi connectivity index (χ4n) is 2.61. The lowest BCUT2D eigenvalue weighted by atomic mass is 10.1. The number of nitrogens with zero attached hydrogens (tertiary/aromatic N) is 1. The highest BCUT2D eigenvalue weighted by Crippen LogP contribution is 2.32. The molecule has 1 aromatic rings. The summed E-state index contributed by atoms with van der Waals surface area (Å²) in [6.07, 6.45) is 1.90.